The second-order valence-electron chi connectivity index (χ2n) is 7.22. The molecule has 0 saturated carbocycles. The number of thioether (sulfide) groups is 1. The summed E-state index contributed by atoms with van der Waals surface area (Å²) in [6, 6.07) is 4.13. The predicted octanol–water partition coefficient (Wildman–Crippen LogP) is 3.70. The molecule has 136 valence electrons. The Labute approximate surface area is 158 Å². The second-order valence-corrected chi connectivity index (χ2v) is 7.99. The molecular weight excluding hydrogens is 346 g/mol. The summed E-state index contributed by atoms with van der Waals surface area (Å²) in [5, 5.41) is 9.81. The lowest BCUT2D eigenvalue weighted by atomic mass is 9.68. The highest BCUT2D eigenvalue weighted by atomic mass is 32.2. The van der Waals surface area contributed by atoms with Crippen molar-refractivity contribution >= 4 is 16.9 Å². The molecule has 0 amide bonds. The number of allylic oxidation sites excluding steroid dienone is 1. The molecular formula is C20H23N3O2S. The number of aliphatic imine (C=N–C) groups is 1. The van der Waals surface area contributed by atoms with Crippen LogP contribution in [0.25, 0.3) is 0 Å². The lowest BCUT2D eigenvalue weighted by molar-refractivity contribution is 0.129. The Morgan fingerprint density at radius 3 is 3.08 bits per heavy atom. The molecule has 0 radical (unpaired) electrons. The van der Waals surface area contributed by atoms with Crippen LogP contribution in [0, 0.1) is 17.4 Å². The summed E-state index contributed by atoms with van der Waals surface area (Å²) in [5.41, 5.74) is 2.39. The SMILES string of the molecule is COc1ccc2c3c1O[C@@H]1C[C@@H](C)C=C[C@]31CCN(/C(=N/C#N)SC)C2. The lowest BCUT2D eigenvalue weighted by Gasteiger charge is -2.36. The van der Waals surface area contributed by atoms with E-state index in [1.165, 1.54) is 22.9 Å². The fraction of sp³-hybridized carbons (Fsp3) is 0.500. The fourth-order valence-electron chi connectivity index (χ4n) is 4.56. The molecule has 5 nitrogen and oxygen atoms in total. The third-order valence-corrected chi connectivity index (χ3v) is 6.51. The third-order valence-electron chi connectivity index (χ3n) is 5.79. The molecule has 1 aliphatic carbocycles. The number of amidine groups is 1. The van der Waals surface area contributed by atoms with Crippen LogP contribution in [-0.4, -0.2) is 36.1 Å². The van der Waals surface area contributed by atoms with Crippen LogP contribution in [0.1, 0.15) is 30.9 Å². The Hall–Kier alpha value is -2.13. The van der Waals surface area contributed by atoms with E-state index in [2.05, 4.69) is 35.0 Å². The molecule has 0 N–H and O–H groups in total. The monoisotopic (exact) mass is 369 g/mol. The Morgan fingerprint density at radius 2 is 2.35 bits per heavy atom. The highest BCUT2D eigenvalue weighted by Gasteiger charge is 2.52. The van der Waals surface area contributed by atoms with Crippen LogP contribution in [-0.2, 0) is 12.0 Å². The van der Waals surface area contributed by atoms with Crippen LogP contribution in [0.15, 0.2) is 29.3 Å². The van der Waals surface area contributed by atoms with Gasteiger partial charge < -0.3 is 14.4 Å². The average molecular weight is 369 g/mol. The first-order chi connectivity index (χ1) is 12.6. The quantitative estimate of drug-likeness (QED) is 0.327. The molecule has 26 heavy (non-hydrogen) atoms. The highest BCUT2D eigenvalue weighted by molar-refractivity contribution is 8.13. The van der Waals surface area contributed by atoms with Gasteiger partial charge in [0.05, 0.1) is 12.5 Å². The Morgan fingerprint density at radius 1 is 1.50 bits per heavy atom. The van der Waals surface area contributed by atoms with Gasteiger partial charge in [-0.05, 0) is 36.6 Å². The smallest absolute Gasteiger partial charge is 0.208 e. The summed E-state index contributed by atoms with van der Waals surface area (Å²) in [6.45, 7) is 3.81. The molecule has 2 aliphatic heterocycles. The topological polar surface area (TPSA) is 57.9 Å². The molecule has 1 aromatic rings. The molecule has 4 rings (SSSR count). The third kappa shape index (κ3) is 2.49. The van der Waals surface area contributed by atoms with E-state index in [1.807, 2.05) is 18.5 Å². The first-order valence-corrected chi connectivity index (χ1v) is 10.2. The van der Waals surface area contributed by atoms with Crippen molar-refractivity contribution in [2.24, 2.45) is 10.9 Å². The fourth-order valence-corrected chi connectivity index (χ4v) is 5.11. The van der Waals surface area contributed by atoms with Gasteiger partial charge in [-0.3, -0.25) is 0 Å². The van der Waals surface area contributed by atoms with Crippen LogP contribution in [0.4, 0.5) is 0 Å². The summed E-state index contributed by atoms with van der Waals surface area (Å²) >= 11 is 1.52. The van der Waals surface area contributed by atoms with Crippen LogP contribution in [0.2, 0.25) is 0 Å². The molecule has 6 heteroatoms. The van der Waals surface area contributed by atoms with E-state index in [0.717, 1.165) is 42.6 Å². The second kappa shape index (κ2) is 6.55. The van der Waals surface area contributed by atoms with Crippen molar-refractivity contribution < 1.29 is 9.47 Å². The molecule has 0 fully saturated rings. The van der Waals surface area contributed by atoms with Crippen LogP contribution in [0.5, 0.6) is 11.5 Å². The minimum absolute atomic E-state index is 0.114. The Kier molecular flexibility index (Phi) is 4.36. The first kappa shape index (κ1) is 17.3. The van der Waals surface area contributed by atoms with Crippen molar-refractivity contribution in [3.8, 4) is 17.7 Å². The first-order valence-electron chi connectivity index (χ1n) is 8.95. The van der Waals surface area contributed by atoms with Crippen LogP contribution in [0.3, 0.4) is 0 Å². The molecule has 1 spiro atoms. The van der Waals surface area contributed by atoms with Gasteiger partial charge in [0, 0.05) is 18.7 Å². The number of benzene rings is 1. The Bertz CT molecular complexity index is 829. The van der Waals surface area contributed by atoms with Crippen molar-refractivity contribution in [2.45, 2.75) is 37.8 Å². The van der Waals surface area contributed by atoms with Gasteiger partial charge in [0.1, 0.15) is 6.10 Å². The van der Waals surface area contributed by atoms with E-state index >= 15 is 0 Å². The van der Waals surface area contributed by atoms with Crippen molar-refractivity contribution in [1.82, 2.24) is 4.90 Å². The number of nitriles is 1. The minimum atomic E-state index is -0.114. The minimum Gasteiger partial charge on any atom is -0.493 e. The zero-order valence-corrected chi connectivity index (χ0v) is 16.2. The van der Waals surface area contributed by atoms with Crippen molar-refractivity contribution in [2.75, 3.05) is 19.9 Å². The molecule has 1 aromatic carbocycles. The number of nitrogens with zero attached hydrogens (tertiary/aromatic N) is 3. The molecule has 0 aromatic heterocycles. The van der Waals surface area contributed by atoms with Crippen LogP contribution < -0.4 is 9.47 Å². The van der Waals surface area contributed by atoms with Crippen molar-refractivity contribution in [1.29, 1.82) is 5.26 Å². The number of methoxy groups -OCH3 is 1. The normalized spacial score (nSPS) is 29.3. The van der Waals surface area contributed by atoms with E-state index in [-0.39, 0.29) is 11.5 Å². The maximum absolute atomic E-state index is 9.03. The summed E-state index contributed by atoms with van der Waals surface area (Å²) in [7, 11) is 1.70. The highest BCUT2D eigenvalue weighted by Crippen LogP contribution is 2.56. The maximum Gasteiger partial charge on any atom is 0.208 e. The van der Waals surface area contributed by atoms with Gasteiger partial charge in [-0.2, -0.15) is 5.26 Å². The predicted molar refractivity (Wildman–Crippen MR) is 104 cm³/mol. The van der Waals surface area contributed by atoms with Gasteiger partial charge in [-0.1, -0.05) is 36.9 Å². The molecule has 3 aliphatic rings. The zero-order chi connectivity index (χ0) is 18.3. The lowest BCUT2D eigenvalue weighted by Crippen LogP contribution is -2.41. The average Bonchev–Trinajstić information content (AvgIpc) is 2.88. The summed E-state index contributed by atoms with van der Waals surface area (Å²) in [5.74, 6) is 2.22. The number of ether oxygens (including phenoxy) is 2. The largest absolute Gasteiger partial charge is 0.493 e. The van der Waals surface area contributed by atoms with E-state index in [9.17, 15) is 0 Å². The maximum atomic E-state index is 9.03. The van der Waals surface area contributed by atoms with Crippen molar-refractivity contribution in [3.05, 3.63) is 35.4 Å². The van der Waals surface area contributed by atoms with Gasteiger partial charge in [0.25, 0.3) is 0 Å². The summed E-state index contributed by atoms with van der Waals surface area (Å²) < 4.78 is 12.1. The van der Waals surface area contributed by atoms with E-state index in [4.69, 9.17) is 14.7 Å². The van der Waals surface area contributed by atoms with Gasteiger partial charge >= 0.3 is 0 Å². The van der Waals surface area contributed by atoms with Gasteiger partial charge in [0.2, 0.25) is 6.19 Å². The molecule has 0 bridgehead atoms. The zero-order valence-electron chi connectivity index (χ0n) is 15.4. The Balaban J connectivity index is 1.86. The number of rotatable bonds is 1. The standard InChI is InChI=1S/C20H23N3O2S/c1-13-6-7-20-8-9-23(19(26-3)22-12-21)11-14-4-5-15(24-2)18(17(14)20)25-16(20)10-13/h4-7,13,16H,8-11H2,1-3H3/b22-19-/t13-,16+,20+/m0/s1. The van der Waals surface area contributed by atoms with Gasteiger partial charge in [0.15, 0.2) is 16.7 Å². The molecule has 3 atom stereocenters. The summed E-state index contributed by atoms with van der Waals surface area (Å²) in [4.78, 5) is 6.25. The molecule has 0 saturated heterocycles. The van der Waals surface area contributed by atoms with Crippen LogP contribution >= 0.6 is 11.8 Å². The van der Waals surface area contributed by atoms with Gasteiger partial charge in [-0.25, -0.2) is 0 Å². The number of hydrogen-bond donors (Lipinski definition) is 0. The van der Waals surface area contributed by atoms with E-state index in [1.54, 1.807) is 7.11 Å². The van der Waals surface area contributed by atoms with E-state index in [0.29, 0.717) is 5.92 Å². The number of hydrogen-bond acceptors (Lipinski definition) is 5. The summed E-state index contributed by atoms with van der Waals surface area (Å²) in [6.07, 6.45) is 10.7. The molecule has 2 heterocycles. The van der Waals surface area contributed by atoms with E-state index < -0.39 is 0 Å². The van der Waals surface area contributed by atoms with Crippen molar-refractivity contribution in [3.63, 3.8) is 0 Å². The molecule has 0 unspecified atom stereocenters. The van der Waals surface area contributed by atoms with Gasteiger partial charge in [-0.15, -0.1) is 4.99 Å².